The molecule has 0 radical (unpaired) electrons. The SMILES string of the molecule is COc1ccc(N([C@@H](C)C(=O)Nc2cc([N+](=O)[O-])ccc2Cl)S(C)(=O)=O)cc1. The largest absolute Gasteiger partial charge is 0.497 e. The third kappa shape index (κ3) is 4.90. The van der Waals surface area contributed by atoms with E-state index >= 15 is 0 Å². The number of ether oxygens (including phenoxy) is 1. The Morgan fingerprint density at radius 1 is 1.25 bits per heavy atom. The van der Waals surface area contributed by atoms with Crippen molar-refractivity contribution in [3.63, 3.8) is 0 Å². The Hall–Kier alpha value is -2.85. The minimum atomic E-state index is -3.82. The van der Waals surface area contributed by atoms with Crippen molar-refractivity contribution < 1.29 is 22.9 Å². The smallest absolute Gasteiger partial charge is 0.271 e. The minimum Gasteiger partial charge on any atom is -0.497 e. The number of hydrogen-bond donors (Lipinski definition) is 1. The van der Waals surface area contributed by atoms with Crippen molar-refractivity contribution in [2.75, 3.05) is 23.0 Å². The Bertz CT molecular complexity index is 994. The Morgan fingerprint density at radius 3 is 2.36 bits per heavy atom. The second kappa shape index (κ2) is 8.44. The molecule has 1 atom stereocenters. The van der Waals surface area contributed by atoms with Gasteiger partial charge in [0, 0.05) is 12.1 Å². The summed E-state index contributed by atoms with van der Waals surface area (Å²) in [4.78, 5) is 22.9. The molecule has 0 spiro atoms. The maximum absolute atomic E-state index is 12.7. The van der Waals surface area contributed by atoms with Gasteiger partial charge in [0.2, 0.25) is 15.9 Å². The molecule has 2 rings (SSSR count). The van der Waals surface area contributed by atoms with Gasteiger partial charge in [-0.3, -0.25) is 19.2 Å². The highest BCUT2D eigenvalue weighted by atomic mass is 35.5. The average Bonchev–Trinajstić information content (AvgIpc) is 2.62. The lowest BCUT2D eigenvalue weighted by atomic mass is 10.2. The van der Waals surface area contributed by atoms with Crippen molar-refractivity contribution in [3.8, 4) is 5.75 Å². The van der Waals surface area contributed by atoms with Gasteiger partial charge in [-0.05, 0) is 37.3 Å². The number of benzene rings is 2. The van der Waals surface area contributed by atoms with E-state index in [1.807, 2.05) is 0 Å². The minimum absolute atomic E-state index is 0.0101. The van der Waals surface area contributed by atoms with Crippen LogP contribution in [0.2, 0.25) is 5.02 Å². The number of nitrogens with one attached hydrogen (secondary N) is 1. The predicted molar refractivity (Wildman–Crippen MR) is 107 cm³/mol. The molecule has 0 saturated carbocycles. The van der Waals surface area contributed by atoms with Crippen molar-refractivity contribution in [2.45, 2.75) is 13.0 Å². The summed E-state index contributed by atoms with van der Waals surface area (Å²) >= 11 is 5.99. The van der Waals surface area contributed by atoms with Gasteiger partial charge in [-0.15, -0.1) is 0 Å². The molecule has 0 heterocycles. The highest BCUT2D eigenvalue weighted by molar-refractivity contribution is 7.92. The van der Waals surface area contributed by atoms with E-state index in [1.165, 1.54) is 38.3 Å². The fourth-order valence-electron chi connectivity index (χ4n) is 2.50. The van der Waals surface area contributed by atoms with E-state index in [1.54, 1.807) is 12.1 Å². The van der Waals surface area contributed by atoms with Crippen LogP contribution < -0.4 is 14.4 Å². The van der Waals surface area contributed by atoms with Crippen LogP contribution in [0, 0.1) is 10.1 Å². The van der Waals surface area contributed by atoms with Gasteiger partial charge in [-0.1, -0.05) is 11.6 Å². The molecule has 9 nitrogen and oxygen atoms in total. The predicted octanol–water partition coefficient (Wildman–Crippen LogP) is 3.05. The number of anilines is 2. The number of methoxy groups -OCH3 is 1. The first-order valence-electron chi connectivity index (χ1n) is 7.93. The fraction of sp³-hybridized carbons (Fsp3) is 0.235. The first kappa shape index (κ1) is 21.5. The van der Waals surface area contributed by atoms with Gasteiger partial charge in [0.05, 0.1) is 34.7 Å². The quantitative estimate of drug-likeness (QED) is 0.535. The van der Waals surface area contributed by atoms with Crippen molar-refractivity contribution in [1.82, 2.24) is 0 Å². The lowest BCUT2D eigenvalue weighted by molar-refractivity contribution is -0.384. The topological polar surface area (TPSA) is 119 Å². The average molecular weight is 428 g/mol. The number of non-ortho nitro benzene ring substituents is 1. The molecule has 0 saturated heterocycles. The van der Waals surface area contributed by atoms with Crippen LogP contribution in [0.4, 0.5) is 17.1 Å². The molecule has 1 N–H and O–H groups in total. The van der Waals surface area contributed by atoms with E-state index in [0.717, 1.165) is 16.6 Å². The standard InChI is InChI=1S/C17H18ClN3O6S/c1-11(17(22)19-16-10-13(21(23)24)6-9-15(16)18)20(28(3,25)26)12-4-7-14(27-2)8-5-12/h4-11H,1-3H3,(H,19,22)/t11-/m0/s1. The summed E-state index contributed by atoms with van der Waals surface area (Å²) in [5.74, 6) is -0.179. The fourth-order valence-corrected chi connectivity index (χ4v) is 3.84. The third-order valence-electron chi connectivity index (χ3n) is 3.83. The van der Waals surface area contributed by atoms with Gasteiger partial charge < -0.3 is 10.1 Å². The lowest BCUT2D eigenvalue weighted by Gasteiger charge is -2.28. The van der Waals surface area contributed by atoms with E-state index < -0.39 is 26.9 Å². The van der Waals surface area contributed by atoms with E-state index in [9.17, 15) is 23.3 Å². The van der Waals surface area contributed by atoms with Crippen LogP contribution in [0.15, 0.2) is 42.5 Å². The number of nitro benzene ring substituents is 1. The molecule has 28 heavy (non-hydrogen) atoms. The number of rotatable bonds is 7. The number of amides is 1. The van der Waals surface area contributed by atoms with Crippen LogP contribution in [-0.2, 0) is 14.8 Å². The molecule has 150 valence electrons. The summed E-state index contributed by atoms with van der Waals surface area (Å²) in [5, 5.41) is 13.4. The molecule has 0 aliphatic rings. The van der Waals surface area contributed by atoms with Crippen LogP contribution in [0.3, 0.4) is 0 Å². The molecule has 0 aromatic heterocycles. The Balaban J connectivity index is 2.34. The first-order valence-corrected chi connectivity index (χ1v) is 10.2. The number of carbonyl (C=O) groups is 1. The van der Waals surface area contributed by atoms with Crippen LogP contribution in [0.25, 0.3) is 0 Å². The summed E-state index contributed by atoms with van der Waals surface area (Å²) in [7, 11) is -2.34. The van der Waals surface area contributed by atoms with Crippen molar-refractivity contribution in [3.05, 3.63) is 57.6 Å². The molecular weight excluding hydrogens is 410 g/mol. The molecule has 1 amide bonds. The number of halogens is 1. The molecular formula is C17H18ClN3O6S. The summed E-state index contributed by atoms with van der Waals surface area (Å²) in [6, 6.07) is 8.56. The molecule has 0 aliphatic carbocycles. The molecule has 0 aliphatic heterocycles. The third-order valence-corrected chi connectivity index (χ3v) is 5.41. The van der Waals surface area contributed by atoms with Crippen LogP contribution >= 0.6 is 11.6 Å². The lowest BCUT2D eigenvalue weighted by Crippen LogP contribution is -2.45. The number of nitro groups is 1. The summed E-state index contributed by atoms with van der Waals surface area (Å²) in [6.45, 7) is 1.39. The summed E-state index contributed by atoms with van der Waals surface area (Å²) in [5.41, 5.74) is 0.00876. The van der Waals surface area contributed by atoms with Crippen molar-refractivity contribution in [1.29, 1.82) is 0 Å². The van der Waals surface area contributed by atoms with Gasteiger partial charge in [0.25, 0.3) is 5.69 Å². The van der Waals surface area contributed by atoms with Crippen molar-refractivity contribution in [2.24, 2.45) is 0 Å². The second-order valence-corrected chi connectivity index (χ2v) is 8.11. The van der Waals surface area contributed by atoms with Gasteiger partial charge in [-0.25, -0.2) is 8.42 Å². The number of sulfonamides is 1. The van der Waals surface area contributed by atoms with Gasteiger partial charge in [0.15, 0.2) is 0 Å². The zero-order valence-electron chi connectivity index (χ0n) is 15.2. The molecule has 0 bridgehead atoms. The Labute approximate surface area is 167 Å². The van der Waals surface area contributed by atoms with Crippen molar-refractivity contribution >= 4 is 44.6 Å². The zero-order chi connectivity index (χ0) is 21.1. The summed E-state index contributed by atoms with van der Waals surface area (Å²) < 4.78 is 30.6. The zero-order valence-corrected chi connectivity index (χ0v) is 16.8. The monoisotopic (exact) mass is 427 g/mol. The molecule has 0 fully saturated rings. The highest BCUT2D eigenvalue weighted by Gasteiger charge is 2.29. The number of nitrogens with zero attached hydrogens (tertiary/aromatic N) is 2. The van der Waals surface area contributed by atoms with Crippen LogP contribution in [-0.4, -0.2) is 38.7 Å². The number of carbonyl (C=O) groups excluding carboxylic acids is 1. The van der Waals surface area contributed by atoms with Crippen LogP contribution in [0.5, 0.6) is 5.75 Å². The number of hydrogen-bond acceptors (Lipinski definition) is 6. The molecule has 2 aromatic rings. The maximum Gasteiger partial charge on any atom is 0.271 e. The highest BCUT2D eigenvalue weighted by Crippen LogP contribution is 2.28. The normalized spacial score (nSPS) is 12.1. The molecule has 0 unspecified atom stereocenters. The molecule has 2 aromatic carbocycles. The van der Waals surface area contributed by atoms with E-state index in [2.05, 4.69) is 5.32 Å². The van der Waals surface area contributed by atoms with E-state index in [-0.39, 0.29) is 22.1 Å². The molecule has 11 heteroatoms. The Morgan fingerprint density at radius 2 is 1.86 bits per heavy atom. The second-order valence-electron chi connectivity index (χ2n) is 5.84. The van der Waals surface area contributed by atoms with Gasteiger partial charge >= 0.3 is 0 Å². The maximum atomic E-state index is 12.7. The van der Waals surface area contributed by atoms with Gasteiger partial charge in [0.1, 0.15) is 11.8 Å². The van der Waals surface area contributed by atoms with Crippen LogP contribution in [0.1, 0.15) is 6.92 Å². The first-order chi connectivity index (χ1) is 13.0. The van der Waals surface area contributed by atoms with E-state index in [4.69, 9.17) is 16.3 Å². The summed E-state index contributed by atoms with van der Waals surface area (Å²) in [6.07, 6.45) is 0.974. The van der Waals surface area contributed by atoms with E-state index in [0.29, 0.717) is 5.75 Å². The van der Waals surface area contributed by atoms with Gasteiger partial charge in [-0.2, -0.15) is 0 Å². The Kier molecular flexibility index (Phi) is 6.47.